The van der Waals surface area contributed by atoms with E-state index in [0.29, 0.717) is 12.2 Å². The van der Waals surface area contributed by atoms with Crippen molar-refractivity contribution in [3.8, 4) is 0 Å². The summed E-state index contributed by atoms with van der Waals surface area (Å²) in [5.41, 5.74) is 0. The minimum absolute atomic E-state index is 0.0764. The van der Waals surface area contributed by atoms with E-state index in [1.54, 1.807) is 0 Å². The molecule has 1 N–H and O–H groups in total. The summed E-state index contributed by atoms with van der Waals surface area (Å²) >= 11 is 0. The first-order chi connectivity index (χ1) is 6.70. The molecule has 0 radical (unpaired) electrons. The maximum Gasteiger partial charge on any atom is 0.239 e. The number of hydrogen-bond acceptors (Lipinski definition) is 3. The highest BCUT2D eigenvalue weighted by molar-refractivity contribution is 5.81. The molecule has 0 aromatic carbocycles. The molecule has 1 amide bonds. The molecule has 2 aliphatic heterocycles. The van der Waals surface area contributed by atoms with Gasteiger partial charge in [0.25, 0.3) is 0 Å². The second-order valence-corrected chi connectivity index (χ2v) is 4.21. The SMILES string of the molecule is CN[C@@H](C)C(=O)N1CC2CCC(C1)O2. The first kappa shape index (κ1) is 9.93. The molecular formula is C10H18N2O2. The van der Waals surface area contributed by atoms with E-state index >= 15 is 0 Å². The van der Waals surface area contributed by atoms with Crippen molar-refractivity contribution in [2.75, 3.05) is 20.1 Å². The third-order valence-electron chi connectivity index (χ3n) is 3.16. The van der Waals surface area contributed by atoms with Gasteiger partial charge in [-0.25, -0.2) is 0 Å². The molecule has 2 heterocycles. The Kier molecular flexibility index (Phi) is 2.74. The highest BCUT2D eigenvalue weighted by Gasteiger charge is 2.36. The summed E-state index contributed by atoms with van der Waals surface area (Å²) in [6.07, 6.45) is 2.81. The van der Waals surface area contributed by atoms with Crippen LogP contribution in [0.4, 0.5) is 0 Å². The minimum Gasteiger partial charge on any atom is -0.371 e. The van der Waals surface area contributed by atoms with Crippen LogP contribution in [0.15, 0.2) is 0 Å². The monoisotopic (exact) mass is 198 g/mol. The van der Waals surface area contributed by atoms with E-state index in [4.69, 9.17) is 4.74 Å². The van der Waals surface area contributed by atoms with Crippen molar-refractivity contribution in [2.45, 2.75) is 38.0 Å². The van der Waals surface area contributed by atoms with Crippen molar-refractivity contribution >= 4 is 5.91 Å². The van der Waals surface area contributed by atoms with Crippen molar-refractivity contribution < 1.29 is 9.53 Å². The second-order valence-electron chi connectivity index (χ2n) is 4.21. The fraction of sp³-hybridized carbons (Fsp3) is 0.900. The summed E-state index contributed by atoms with van der Waals surface area (Å²) in [5, 5.41) is 2.98. The third kappa shape index (κ3) is 1.77. The Morgan fingerprint density at radius 2 is 2.00 bits per heavy atom. The van der Waals surface area contributed by atoms with Gasteiger partial charge in [0.15, 0.2) is 0 Å². The van der Waals surface area contributed by atoms with Gasteiger partial charge in [-0.05, 0) is 26.8 Å². The average Bonchev–Trinajstić information content (AvgIpc) is 2.55. The van der Waals surface area contributed by atoms with Crippen LogP contribution in [0.1, 0.15) is 19.8 Å². The number of hydrogen-bond donors (Lipinski definition) is 1. The molecule has 0 spiro atoms. The summed E-state index contributed by atoms with van der Waals surface area (Å²) in [4.78, 5) is 13.8. The van der Waals surface area contributed by atoms with Gasteiger partial charge in [0.2, 0.25) is 5.91 Å². The molecule has 0 saturated carbocycles. The van der Waals surface area contributed by atoms with Gasteiger partial charge in [-0.15, -0.1) is 0 Å². The smallest absolute Gasteiger partial charge is 0.239 e. The Bertz CT molecular complexity index is 220. The van der Waals surface area contributed by atoms with E-state index in [2.05, 4.69) is 5.32 Å². The van der Waals surface area contributed by atoms with Crippen LogP contribution in [0.3, 0.4) is 0 Å². The van der Waals surface area contributed by atoms with Crippen molar-refractivity contribution in [3.63, 3.8) is 0 Å². The highest BCUT2D eigenvalue weighted by atomic mass is 16.5. The van der Waals surface area contributed by atoms with Gasteiger partial charge in [-0.3, -0.25) is 4.79 Å². The van der Waals surface area contributed by atoms with Gasteiger partial charge < -0.3 is 15.0 Å². The lowest BCUT2D eigenvalue weighted by Crippen LogP contribution is -2.51. The first-order valence-electron chi connectivity index (χ1n) is 5.32. The molecule has 4 heteroatoms. The number of amides is 1. The van der Waals surface area contributed by atoms with Gasteiger partial charge in [0, 0.05) is 13.1 Å². The molecule has 0 aromatic rings. The summed E-state index contributed by atoms with van der Waals surface area (Å²) in [7, 11) is 1.82. The zero-order chi connectivity index (χ0) is 10.1. The molecule has 4 nitrogen and oxygen atoms in total. The summed E-state index contributed by atoms with van der Waals surface area (Å²) in [5.74, 6) is 0.202. The molecule has 2 rings (SSSR count). The Balaban J connectivity index is 1.95. The van der Waals surface area contributed by atoms with E-state index in [-0.39, 0.29) is 11.9 Å². The van der Waals surface area contributed by atoms with E-state index in [1.165, 1.54) is 0 Å². The normalized spacial score (nSPS) is 33.1. The number of carbonyl (C=O) groups is 1. The Morgan fingerprint density at radius 3 is 2.50 bits per heavy atom. The van der Waals surface area contributed by atoms with E-state index in [1.807, 2.05) is 18.9 Å². The van der Waals surface area contributed by atoms with Crippen LogP contribution < -0.4 is 5.32 Å². The van der Waals surface area contributed by atoms with Gasteiger partial charge in [-0.1, -0.05) is 0 Å². The Labute approximate surface area is 84.6 Å². The predicted octanol–water partition coefficient (Wildman–Crippen LogP) is -0.0159. The number of rotatable bonds is 2. The molecule has 14 heavy (non-hydrogen) atoms. The van der Waals surface area contributed by atoms with Gasteiger partial charge in [-0.2, -0.15) is 0 Å². The molecule has 0 aromatic heterocycles. The summed E-state index contributed by atoms with van der Waals surface area (Å²) in [6, 6.07) is -0.0764. The number of ether oxygens (including phenoxy) is 1. The molecule has 2 saturated heterocycles. The van der Waals surface area contributed by atoms with Crippen LogP contribution in [0.2, 0.25) is 0 Å². The number of likely N-dealkylation sites (tertiary alicyclic amines) is 1. The Morgan fingerprint density at radius 1 is 1.43 bits per heavy atom. The van der Waals surface area contributed by atoms with Crippen LogP contribution in [0.5, 0.6) is 0 Å². The van der Waals surface area contributed by atoms with Crippen LogP contribution in [-0.4, -0.2) is 49.2 Å². The third-order valence-corrected chi connectivity index (χ3v) is 3.16. The molecule has 80 valence electrons. The van der Waals surface area contributed by atoms with E-state index in [0.717, 1.165) is 25.9 Å². The van der Waals surface area contributed by atoms with Crippen LogP contribution >= 0.6 is 0 Å². The maximum atomic E-state index is 11.9. The topological polar surface area (TPSA) is 41.6 Å². The zero-order valence-electron chi connectivity index (χ0n) is 8.82. The zero-order valence-corrected chi connectivity index (χ0v) is 8.82. The quantitative estimate of drug-likeness (QED) is 0.678. The van der Waals surface area contributed by atoms with Gasteiger partial charge >= 0.3 is 0 Å². The molecule has 2 aliphatic rings. The molecule has 2 bridgehead atoms. The first-order valence-corrected chi connectivity index (χ1v) is 5.32. The molecule has 2 unspecified atom stereocenters. The van der Waals surface area contributed by atoms with Crippen molar-refractivity contribution in [1.82, 2.24) is 10.2 Å². The number of morpholine rings is 1. The van der Waals surface area contributed by atoms with Crippen LogP contribution in [-0.2, 0) is 9.53 Å². The number of fused-ring (bicyclic) bond motifs is 2. The van der Waals surface area contributed by atoms with Crippen molar-refractivity contribution in [3.05, 3.63) is 0 Å². The highest BCUT2D eigenvalue weighted by Crippen LogP contribution is 2.26. The van der Waals surface area contributed by atoms with Crippen LogP contribution in [0, 0.1) is 0 Å². The number of likely N-dealkylation sites (N-methyl/N-ethyl adjacent to an activating group) is 1. The molecule has 3 atom stereocenters. The Hall–Kier alpha value is -0.610. The molecular weight excluding hydrogens is 180 g/mol. The summed E-state index contributed by atoms with van der Waals surface area (Å²) < 4.78 is 5.68. The molecule has 0 aliphatic carbocycles. The van der Waals surface area contributed by atoms with Crippen molar-refractivity contribution in [1.29, 1.82) is 0 Å². The molecule has 2 fully saturated rings. The summed E-state index contributed by atoms with van der Waals surface area (Å²) in [6.45, 7) is 3.46. The predicted molar refractivity (Wildman–Crippen MR) is 53.0 cm³/mol. The van der Waals surface area contributed by atoms with Crippen LogP contribution in [0.25, 0.3) is 0 Å². The van der Waals surface area contributed by atoms with Gasteiger partial charge in [0.05, 0.1) is 18.2 Å². The minimum atomic E-state index is -0.0764. The fourth-order valence-corrected chi connectivity index (χ4v) is 2.19. The average molecular weight is 198 g/mol. The number of nitrogens with one attached hydrogen (secondary N) is 1. The lowest BCUT2D eigenvalue weighted by Gasteiger charge is -2.33. The largest absolute Gasteiger partial charge is 0.371 e. The lowest BCUT2D eigenvalue weighted by molar-refractivity contribution is -0.141. The van der Waals surface area contributed by atoms with E-state index < -0.39 is 0 Å². The number of nitrogens with zero attached hydrogens (tertiary/aromatic N) is 1. The second kappa shape index (κ2) is 3.87. The van der Waals surface area contributed by atoms with Gasteiger partial charge in [0.1, 0.15) is 0 Å². The number of carbonyl (C=O) groups excluding carboxylic acids is 1. The fourth-order valence-electron chi connectivity index (χ4n) is 2.19. The van der Waals surface area contributed by atoms with Crippen molar-refractivity contribution in [2.24, 2.45) is 0 Å². The maximum absolute atomic E-state index is 11.9. The lowest BCUT2D eigenvalue weighted by atomic mass is 10.2. The van der Waals surface area contributed by atoms with E-state index in [9.17, 15) is 4.79 Å². The standard InChI is InChI=1S/C10H18N2O2/c1-7(11-2)10(13)12-5-8-3-4-9(6-12)14-8/h7-9,11H,3-6H2,1-2H3/t7-,8?,9?/m0/s1.